The molecule has 0 bridgehead atoms. The summed E-state index contributed by atoms with van der Waals surface area (Å²) in [4.78, 5) is 1.28. The van der Waals surface area contributed by atoms with E-state index in [2.05, 4.69) is 12.2 Å². The van der Waals surface area contributed by atoms with Crippen molar-refractivity contribution in [1.29, 1.82) is 0 Å². The minimum atomic E-state index is 0.437. The molecule has 1 nitrogen and oxygen atoms in total. The zero-order chi connectivity index (χ0) is 9.68. The second kappa shape index (κ2) is 5.63. The van der Waals surface area contributed by atoms with Crippen molar-refractivity contribution < 1.29 is 0 Å². The summed E-state index contributed by atoms with van der Waals surface area (Å²) in [5.41, 5.74) is 0. The van der Waals surface area contributed by atoms with Gasteiger partial charge in [-0.25, -0.2) is 0 Å². The molecule has 1 rings (SSSR count). The van der Waals surface area contributed by atoms with Crippen molar-refractivity contribution in [3.8, 4) is 0 Å². The number of hydrogen-bond donors (Lipinski definition) is 1. The van der Waals surface area contributed by atoms with Gasteiger partial charge in [-0.3, -0.25) is 0 Å². The lowest BCUT2D eigenvalue weighted by atomic mass is 10.1. The van der Waals surface area contributed by atoms with Gasteiger partial charge in [-0.1, -0.05) is 31.4 Å². The van der Waals surface area contributed by atoms with E-state index in [0.29, 0.717) is 6.04 Å². The molecule has 0 fully saturated rings. The van der Waals surface area contributed by atoms with E-state index in [1.54, 1.807) is 11.3 Å². The van der Waals surface area contributed by atoms with Crippen LogP contribution in [0.3, 0.4) is 0 Å². The van der Waals surface area contributed by atoms with E-state index < -0.39 is 0 Å². The Hall–Kier alpha value is -0.0500. The first kappa shape index (κ1) is 11.0. The Labute approximate surface area is 89.1 Å². The summed E-state index contributed by atoms with van der Waals surface area (Å²) in [5, 5.41) is 6.26. The normalized spacial score (nSPS) is 13.2. The van der Waals surface area contributed by atoms with Crippen molar-refractivity contribution in [2.45, 2.75) is 32.2 Å². The Morgan fingerprint density at radius 1 is 1.62 bits per heavy atom. The second-order valence-corrected chi connectivity index (χ2v) is 4.47. The summed E-state index contributed by atoms with van der Waals surface area (Å²) < 4.78 is 0. The van der Waals surface area contributed by atoms with Crippen molar-refractivity contribution >= 4 is 22.9 Å². The molecule has 0 radical (unpaired) electrons. The standard InChI is InChI=1S/C10H16ClNS/c1-3-4-5-9(12-2)10-8(11)6-7-13-10/h6-7,9,12H,3-5H2,1-2H3. The van der Waals surface area contributed by atoms with E-state index in [1.165, 1.54) is 24.1 Å². The van der Waals surface area contributed by atoms with Crippen LogP contribution < -0.4 is 5.32 Å². The highest BCUT2D eigenvalue weighted by molar-refractivity contribution is 7.10. The van der Waals surface area contributed by atoms with Gasteiger partial charge in [0, 0.05) is 10.9 Å². The number of hydrogen-bond acceptors (Lipinski definition) is 2. The molecule has 1 heterocycles. The molecule has 0 aliphatic rings. The molecule has 13 heavy (non-hydrogen) atoms. The topological polar surface area (TPSA) is 12.0 Å². The van der Waals surface area contributed by atoms with E-state index in [-0.39, 0.29) is 0 Å². The highest BCUT2D eigenvalue weighted by Gasteiger charge is 2.12. The van der Waals surface area contributed by atoms with Crippen LogP contribution in [0.15, 0.2) is 11.4 Å². The van der Waals surface area contributed by atoms with Gasteiger partial charge in [-0.15, -0.1) is 11.3 Å². The SMILES string of the molecule is CCCCC(NC)c1sccc1Cl. The minimum absolute atomic E-state index is 0.437. The van der Waals surface area contributed by atoms with Crippen LogP contribution >= 0.6 is 22.9 Å². The van der Waals surface area contributed by atoms with Crippen molar-refractivity contribution in [2.24, 2.45) is 0 Å². The van der Waals surface area contributed by atoms with Crippen molar-refractivity contribution in [3.63, 3.8) is 0 Å². The molecule has 3 heteroatoms. The Morgan fingerprint density at radius 2 is 2.38 bits per heavy atom. The summed E-state index contributed by atoms with van der Waals surface area (Å²) in [6.45, 7) is 2.21. The molecule has 1 unspecified atom stereocenters. The quantitative estimate of drug-likeness (QED) is 0.790. The van der Waals surface area contributed by atoms with Crippen LogP contribution in [0, 0.1) is 0 Å². The summed E-state index contributed by atoms with van der Waals surface area (Å²) in [6, 6.07) is 2.41. The minimum Gasteiger partial charge on any atom is -0.312 e. The number of halogens is 1. The molecular formula is C10H16ClNS. The molecular weight excluding hydrogens is 202 g/mol. The molecule has 0 amide bonds. The fourth-order valence-corrected chi connectivity index (χ4v) is 2.70. The van der Waals surface area contributed by atoms with Crippen molar-refractivity contribution in [3.05, 3.63) is 21.3 Å². The van der Waals surface area contributed by atoms with Gasteiger partial charge >= 0.3 is 0 Å². The maximum absolute atomic E-state index is 6.06. The third-order valence-electron chi connectivity index (χ3n) is 2.16. The van der Waals surface area contributed by atoms with Crippen LogP contribution in [0.4, 0.5) is 0 Å². The lowest BCUT2D eigenvalue weighted by molar-refractivity contribution is 0.530. The number of unbranched alkanes of at least 4 members (excludes halogenated alkanes) is 1. The van der Waals surface area contributed by atoms with E-state index in [9.17, 15) is 0 Å². The lowest BCUT2D eigenvalue weighted by Gasteiger charge is -2.14. The van der Waals surface area contributed by atoms with Gasteiger partial charge in [0.2, 0.25) is 0 Å². The Kier molecular flexibility index (Phi) is 4.78. The maximum Gasteiger partial charge on any atom is 0.0561 e. The third-order valence-corrected chi connectivity index (χ3v) is 3.63. The molecule has 1 aromatic heterocycles. The summed E-state index contributed by atoms with van der Waals surface area (Å²) in [5.74, 6) is 0. The van der Waals surface area contributed by atoms with Gasteiger partial charge in [-0.2, -0.15) is 0 Å². The molecule has 0 aliphatic carbocycles. The van der Waals surface area contributed by atoms with Crippen LogP contribution in [0.1, 0.15) is 37.1 Å². The van der Waals surface area contributed by atoms with Crippen molar-refractivity contribution in [2.75, 3.05) is 7.05 Å². The molecule has 0 aliphatic heterocycles. The second-order valence-electron chi connectivity index (χ2n) is 3.12. The van der Waals surface area contributed by atoms with Gasteiger partial charge in [0.1, 0.15) is 0 Å². The predicted octanol–water partition coefficient (Wildman–Crippen LogP) is 3.85. The van der Waals surface area contributed by atoms with Crippen molar-refractivity contribution in [1.82, 2.24) is 5.32 Å². The average Bonchev–Trinajstić information content (AvgIpc) is 2.54. The number of rotatable bonds is 5. The Morgan fingerprint density at radius 3 is 2.85 bits per heavy atom. The summed E-state index contributed by atoms with van der Waals surface area (Å²) >= 11 is 7.80. The smallest absolute Gasteiger partial charge is 0.0561 e. The highest BCUT2D eigenvalue weighted by atomic mass is 35.5. The van der Waals surface area contributed by atoms with Gasteiger partial charge in [0.05, 0.1) is 5.02 Å². The largest absolute Gasteiger partial charge is 0.312 e. The van der Waals surface area contributed by atoms with Crippen LogP contribution in [-0.4, -0.2) is 7.05 Å². The van der Waals surface area contributed by atoms with E-state index in [1.807, 2.05) is 18.5 Å². The van der Waals surface area contributed by atoms with E-state index in [0.717, 1.165) is 5.02 Å². The van der Waals surface area contributed by atoms with Crippen LogP contribution in [0.25, 0.3) is 0 Å². The van der Waals surface area contributed by atoms with Gasteiger partial charge in [0.15, 0.2) is 0 Å². The van der Waals surface area contributed by atoms with E-state index >= 15 is 0 Å². The fraction of sp³-hybridized carbons (Fsp3) is 0.600. The first-order chi connectivity index (χ1) is 6.29. The monoisotopic (exact) mass is 217 g/mol. The summed E-state index contributed by atoms with van der Waals surface area (Å²) in [6.07, 6.45) is 3.66. The molecule has 0 spiro atoms. The maximum atomic E-state index is 6.06. The van der Waals surface area contributed by atoms with Crippen LogP contribution in [0.5, 0.6) is 0 Å². The third kappa shape index (κ3) is 2.97. The Bertz CT molecular complexity index is 247. The zero-order valence-electron chi connectivity index (χ0n) is 8.14. The van der Waals surface area contributed by atoms with E-state index in [4.69, 9.17) is 11.6 Å². The van der Waals surface area contributed by atoms with Crippen LogP contribution in [0.2, 0.25) is 5.02 Å². The first-order valence-electron chi connectivity index (χ1n) is 4.69. The molecule has 1 atom stereocenters. The van der Waals surface area contributed by atoms with Gasteiger partial charge < -0.3 is 5.32 Å². The molecule has 0 aromatic carbocycles. The van der Waals surface area contributed by atoms with Crippen LogP contribution in [-0.2, 0) is 0 Å². The lowest BCUT2D eigenvalue weighted by Crippen LogP contribution is -2.15. The zero-order valence-corrected chi connectivity index (χ0v) is 9.71. The Balaban J connectivity index is 2.61. The molecule has 1 N–H and O–H groups in total. The fourth-order valence-electron chi connectivity index (χ4n) is 1.37. The first-order valence-corrected chi connectivity index (χ1v) is 5.95. The predicted molar refractivity (Wildman–Crippen MR) is 60.7 cm³/mol. The molecule has 1 aromatic rings. The number of thiophene rings is 1. The molecule has 74 valence electrons. The average molecular weight is 218 g/mol. The number of nitrogens with one attached hydrogen (secondary N) is 1. The van der Waals surface area contributed by atoms with Gasteiger partial charge in [0.25, 0.3) is 0 Å². The molecule has 0 saturated carbocycles. The molecule has 0 saturated heterocycles. The highest BCUT2D eigenvalue weighted by Crippen LogP contribution is 2.31. The van der Waals surface area contributed by atoms with Gasteiger partial charge in [-0.05, 0) is 24.9 Å². The summed E-state index contributed by atoms with van der Waals surface area (Å²) in [7, 11) is 2.00.